The van der Waals surface area contributed by atoms with Crippen LogP contribution >= 0.6 is 11.8 Å². The molecule has 1 fully saturated rings. The van der Waals surface area contributed by atoms with Crippen LogP contribution < -0.4 is 10.2 Å². The Hall–Kier alpha value is -0.970. The molecule has 1 aromatic rings. The van der Waals surface area contributed by atoms with Crippen molar-refractivity contribution in [3.63, 3.8) is 0 Å². The Bertz CT molecular complexity index is 386. The van der Waals surface area contributed by atoms with Gasteiger partial charge in [-0.2, -0.15) is 11.8 Å². The molecule has 0 saturated carbocycles. The van der Waals surface area contributed by atoms with Gasteiger partial charge in [-0.1, -0.05) is 13.8 Å². The molecule has 2 heterocycles. The normalized spacial score (nSPS) is 24.8. The van der Waals surface area contributed by atoms with Gasteiger partial charge in [0.2, 0.25) is 0 Å². The summed E-state index contributed by atoms with van der Waals surface area (Å²) in [7, 11) is 1.90. The molecular formula is C12H20N4S. The van der Waals surface area contributed by atoms with Crippen LogP contribution in [0.3, 0.4) is 0 Å². The van der Waals surface area contributed by atoms with E-state index in [4.69, 9.17) is 0 Å². The first-order chi connectivity index (χ1) is 8.11. The number of hydrogen-bond donors (Lipinski definition) is 1. The molecule has 0 amide bonds. The first-order valence-corrected chi connectivity index (χ1v) is 6.96. The van der Waals surface area contributed by atoms with Crippen molar-refractivity contribution in [3.8, 4) is 0 Å². The Morgan fingerprint density at radius 2 is 1.94 bits per heavy atom. The van der Waals surface area contributed by atoms with Crippen molar-refractivity contribution in [1.29, 1.82) is 0 Å². The van der Waals surface area contributed by atoms with Crippen LogP contribution in [0.25, 0.3) is 0 Å². The summed E-state index contributed by atoms with van der Waals surface area (Å²) in [6.45, 7) is 8.77. The lowest BCUT2D eigenvalue weighted by molar-refractivity contribution is 0.714. The molecule has 1 aromatic heterocycles. The molecule has 0 aromatic carbocycles. The van der Waals surface area contributed by atoms with Crippen LogP contribution in [-0.2, 0) is 0 Å². The van der Waals surface area contributed by atoms with Gasteiger partial charge in [-0.15, -0.1) is 0 Å². The van der Waals surface area contributed by atoms with Crippen LogP contribution in [0.4, 0.5) is 11.6 Å². The molecule has 2 rings (SSSR count). The van der Waals surface area contributed by atoms with Gasteiger partial charge in [0.05, 0.1) is 0 Å². The minimum absolute atomic E-state index is 0.658. The summed E-state index contributed by atoms with van der Waals surface area (Å²) < 4.78 is 0. The number of hydrogen-bond acceptors (Lipinski definition) is 5. The summed E-state index contributed by atoms with van der Waals surface area (Å²) in [4.78, 5) is 11.1. The Balaban J connectivity index is 2.27. The first kappa shape index (κ1) is 12.5. The summed E-state index contributed by atoms with van der Waals surface area (Å²) in [6.07, 6.45) is 1.64. The van der Waals surface area contributed by atoms with Gasteiger partial charge in [-0.25, -0.2) is 9.97 Å². The Labute approximate surface area is 107 Å². The van der Waals surface area contributed by atoms with E-state index in [0.717, 1.165) is 30.3 Å². The molecule has 94 valence electrons. The third-order valence-corrected chi connectivity index (χ3v) is 4.24. The van der Waals surface area contributed by atoms with Gasteiger partial charge in [0, 0.05) is 36.2 Å². The predicted octanol–water partition coefficient (Wildman–Crippen LogP) is 2.16. The molecule has 2 unspecified atom stereocenters. The van der Waals surface area contributed by atoms with E-state index in [1.807, 2.05) is 7.05 Å². The zero-order valence-electron chi connectivity index (χ0n) is 10.9. The van der Waals surface area contributed by atoms with Crippen LogP contribution in [0.15, 0.2) is 6.33 Å². The van der Waals surface area contributed by atoms with E-state index in [1.165, 1.54) is 0 Å². The van der Waals surface area contributed by atoms with Crippen LogP contribution in [-0.4, -0.2) is 40.6 Å². The molecular weight excluding hydrogens is 232 g/mol. The predicted molar refractivity (Wildman–Crippen MR) is 75.0 cm³/mol. The SMILES string of the molecule is CNc1ncnc(N2CC(C)SC(C)C2)c1C. The van der Waals surface area contributed by atoms with Crippen LogP contribution in [0, 0.1) is 6.92 Å². The molecule has 1 saturated heterocycles. The number of nitrogens with one attached hydrogen (secondary N) is 1. The van der Waals surface area contributed by atoms with Crippen molar-refractivity contribution in [3.05, 3.63) is 11.9 Å². The van der Waals surface area contributed by atoms with E-state index in [-0.39, 0.29) is 0 Å². The second kappa shape index (κ2) is 5.12. The number of aromatic nitrogens is 2. The van der Waals surface area contributed by atoms with Crippen LogP contribution in [0.5, 0.6) is 0 Å². The molecule has 4 nitrogen and oxygen atoms in total. The van der Waals surface area contributed by atoms with E-state index in [2.05, 4.69) is 52.7 Å². The van der Waals surface area contributed by atoms with Crippen molar-refractivity contribution in [2.45, 2.75) is 31.3 Å². The lowest BCUT2D eigenvalue weighted by atomic mass is 10.2. The molecule has 1 aliphatic rings. The van der Waals surface area contributed by atoms with Gasteiger partial charge >= 0.3 is 0 Å². The van der Waals surface area contributed by atoms with Crippen molar-refractivity contribution < 1.29 is 0 Å². The van der Waals surface area contributed by atoms with Gasteiger partial charge < -0.3 is 10.2 Å². The van der Waals surface area contributed by atoms with Gasteiger partial charge in [0.15, 0.2) is 0 Å². The zero-order valence-corrected chi connectivity index (χ0v) is 11.7. The number of rotatable bonds is 2. The molecule has 2 atom stereocenters. The Morgan fingerprint density at radius 3 is 2.53 bits per heavy atom. The average molecular weight is 252 g/mol. The summed E-state index contributed by atoms with van der Waals surface area (Å²) >= 11 is 2.05. The highest BCUT2D eigenvalue weighted by atomic mass is 32.2. The lowest BCUT2D eigenvalue weighted by Crippen LogP contribution is -2.41. The highest BCUT2D eigenvalue weighted by Gasteiger charge is 2.24. The molecule has 1 N–H and O–H groups in total. The second-order valence-electron chi connectivity index (χ2n) is 4.58. The fourth-order valence-corrected chi connectivity index (χ4v) is 3.69. The Kier molecular flexibility index (Phi) is 3.76. The Morgan fingerprint density at radius 1 is 1.29 bits per heavy atom. The summed E-state index contributed by atoms with van der Waals surface area (Å²) in [5, 5.41) is 4.43. The maximum Gasteiger partial charge on any atom is 0.137 e. The minimum atomic E-state index is 0.658. The molecule has 0 radical (unpaired) electrons. The zero-order chi connectivity index (χ0) is 12.4. The highest BCUT2D eigenvalue weighted by molar-refractivity contribution is 8.00. The van der Waals surface area contributed by atoms with Gasteiger partial charge in [0.1, 0.15) is 18.0 Å². The smallest absolute Gasteiger partial charge is 0.137 e. The van der Waals surface area contributed by atoms with Gasteiger partial charge in [-0.05, 0) is 6.92 Å². The summed E-state index contributed by atoms with van der Waals surface area (Å²) in [6, 6.07) is 0. The largest absolute Gasteiger partial charge is 0.373 e. The molecule has 0 aliphatic carbocycles. The topological polar surface area (TPSA) is 41.1 Å². The highest BCUT2D eigenvalue weighted by Crippen LogP contribution is 2.30. The first-order valence-electron chi connectivity index (χ1n) is 6.01. The quantitative estimate of drug-likeness (QED) is 0.873. The molecule has 1 aliphatic heterocycles. The van der Waals surface area contributed by atoms with Crippen molar-refractivity contribution >= 4 is 23.4 Å². The van der Waals surface area contributed by atoms with E-state index in [1.54, 1.807) is 6.33 Å². The van der Waals surface area contributed by atoms with E-state index in [0.29, 0.717) is 10.5 Å². The third-order valence-electron chi connectivity index (χ3n) is 3.01. The summed E-state index contributed by atoms with van der Waals surface area (Å²) in [5.41, 5.74) is 1.14. The average Bonchev–Trinajstić information content (AvgIpc) is 2.28. The molecule has 0 bridgehead atoms. The van der Waals surface area contributed by atoms with E-state index < -0.39 is 0 Å². The van der Waals surface area contributed by atoms with Crippen molar-refractivity contribution in [2.24, 2.45) is 0 Å². The van der Waals surface area contributed by atoms with Crippen molar-refractivity contribution in [2.75, 3.05) is 30.4 Å². The fraction of sp³-hybridized carbons (Fsp3) is 0.667. The van der Waals surface area contributed by atoms with E-state index >= 15 is 0 Å². The monoisotopic (exact) mass is 252 g/mol. The number of thioether (sulfide) groups is 1. The number of anilines is 2. The molecule has 0 spiro atoms. The molecule has 5 heteroatoms. The lowest BCUT2D eigenvalue weighted by Gasteiger charge is -2.36. The van der Waals surface area contributed by atoms with Crippen LogP contribution in [0.1, 0.15) is 19.4 Å². The van der Waals surface area contributed by atoms with E-state index in [9.17, 15) is 0 Å². The maximum atomic E-state index is 4.44. The number of nitrogens with zero attached hydrogens (tertiary/aromatic N) is 3. The third kappa shape index (κ3) is 2.65. The second-order valence-corrected chi connectivity index (χ2v) is 6.46. The van der Waals surface area contributed by atoms with Crippen LogP contribution in [0.2, 0.25) is 0 Å². The molecule has 17 heavy (non-hydrogen) atoms. The van der Waals surface area contributed by atoms with Crippen molar-refractivity contribution in [1.82, 2.24) is 9.97 Å². The fourth-order valence-electron chi connectivity index (χ4n) is 2.36. The summed E-state index contributed by atoms with van der Waals surface area (Å²) in [5.74, 6) is 2.00. The minimum Gasteiger partial charge on any atom is -0.373 e. The van der Waals surface area contributed by atoms with Gasteiger partial charge in [0.25, 0.3) is 0 Å². The maximum absolute atomic E-state index is 4.44. The standard InChI is InChI=1S/C12H20N4S/c1-8-5-16(6-9(2)17-8)12-10(3)11(13-4)14-7-15-12/h7-9H,5-6H2,1-4H3,(H,13,14,15). The van der Waals surface area contributed by atoms with Gasteiger partial charge in [-0.3, -0.25) is 0 Å².